The Kier molecular flexibility index (Phi) is 6.07. The Bertz CT molecular complexity index is 1100. The van der Waals surface area contributed by atoms with Gasteiger partial charge in [-0.25, -0.2) is 4.79 Å². The van der Waals surface area contributed by atoms with Crippen molar-refractivity contribution in [2.24, 2.45) is 7.05 Å². The summed E-state index contributed by atoms with van der Waals surface area (Å²) in [5, 5.41) is 13.8. The monoisotopic (exact) mass is 401 g/mol. The van der Waals surface area contributed by atoms with Gasteiger partial charge in [0.1, 0.15) is 18.5 Å². The first-order valence-corrected chi connectivity index (χ1v) is 9.63. The first kappa shape index (κ1) is 20.7. The number of aromatic amines is 1. The standard InChI is InChI=1S/C20H27N5O4/c1-5-13(3)21-19-22-17-16(18(27)23-20(28)24(17)4)25(19)10-14(26)11-29-15-8-6-12(2)7-9-15/h6-9,13-14,26H,5,10-11H2,1-4H3,(H,21,22)(H,23,27,28)/t13-,14+/m0/s1. The molecule has 0 spiro atoms. The van der Waals surface area contributed by atoms with Crippen LogP contribution >= 0.6 is 0 Å². The Morgan fingerprint density at radius 1 is 1.28 bits per heavy atom. The first-order chi connectivity index (χ1) is 13.8. The molecule has 2 atom stereocenters. The molecule has 3 rings (SSSR count). The van der Waals surface area contributed by atoms with Crippen molar-refractivity contribution in [1.29, 1.82) is 0 Å². The number of H-pyrrole nitrogens is 1. The van der Waals surface area contributed by atoms with Crippen LogP contribution in [0.5, 0.6) is 5.75 Å². The van der Waals surface area contributed by atoms with Crippen LogP contribution in [0.1, 0.15) is 25.8 Å². The van der Waals surface area contributed by atoms with Crippen LogP contribution < -0.4 is 21.3 Å². The number of rotatable bonds is 8. The zero-order valence-corrected chi connectivity index (χ0v) is 17.1. The Hall–Kier alpha value is -3.07. The molecule has 3 N–H and O–H groups in total. The maximum atomic E-state index is 12.5. The molecule has 9 heteroatoms. The topological polar surface area (TPSA) is 114 Å². The van der Waals surface area contributed by atoms with E-state index in [0.717, 1.165) is 12.0 Å². The molecule has 0 aliphatic carbocycles. The van der Waals surface area contributed by atoms with Crippen molar-refractivity contribution in [2.45, 2.75) is 45.9 Å². The summed E-state index contributed by atoms with van der Waals surface area (Å²) in [6.45, 7) is 6.14. The van der Waals surface area contributed by atoms with Crippen LogP contribution in [0, 0.1) is 6.92 Å². The van der Waals surface area contributed by atoms with Crippen molar-refractivity contribution in [1.82, 2.24) is 19.1 Å². The van der Waals surface area contributed by atoms with Gasteiger partial charge in [-0.15, -0.1) is 0 Å². The minimum atomic E-state index is -0.886. The predicted octanol–water partition coefficient (Wildman–Crippen LogP) is 1.38. The fraction of sp³-hybridized carbons (Fsp3) is 0.450. The number of anilines is 1. The maximum Gasteiger partial charge on any atom is 0.329 e. The zero-order chi connectivity index (χ0) is 21.1. The van der Waals surface area contributed by atoms with Crippen LogP contribution in [0.15, 0.2) is 33.9 Å². The Morgan fingerprint density at radius 2 is 1.97 bits per heavy atom. The van der Waals surface area contributed by atoms with E-state index >= 15 is 0 Å². The quantitative estimate of drug-likeness (QED) is 0.525. The maximum absolute atomic E-state index is 12.5. The molecule has 0 saturated carbocycles. The van der Waals surface area contributed by atoms with Gasteiger partial charge in [-0.2, -0.15) is 4.98 Å². The number of ether oxygens (including phenoxy) is 1. The summed E-state index contributed by atoms with van der Waals surface area (Å²) in [5.74, 6) is 1.08. The number of benzene rings is 1. The van der Waals surface area contributed by atoms with Crippen LogP contribution in [0.2, 0.25) is 0 Å². The number of hydrogen-bond acceptors (Lipinski definition) is 6. The Morgan fingerprint density at radius 3 is 2.62 bits per heavy atom. The van der Waals surface area contributed by atoms with Crippen LogP contribution in [0.25, 0.3) is 11.2 Å². The second-order valence-electron chi connectivity index (χ2n) is 7.27. The molecule has 3 aromatic rings. The molecule has 29 heavy (non-hydrogen) atoms. The zero-order valence-electron chi connectivity index (χ0n) is 17.1. The molecule has 0 bridgehead atoms. The fourth-order valence-corrected chi connectivity index (χ4v) is 2.94. The SMILES string of the molecule is CC[C@H](C)Nc1nc2c(c(=O)[nH]c(=O)n2C)n1C[C@@H](O)COc1ccc(C)cc1. The summed E-state index contributed by atoms with van der Waals surface area (Å²) in [5.41, 5.74) is 0.529. The van der Waals surface area contributed by atoms with Crippen molar-refractivity contribution < 1.29 is 9.84 Å². The van der Waals surface area contributed by atoms with Gasteiger partial charge in [0.25, 0.3) is 5.56 Å². The largest absolute Gasteiger partial charge is 0.491 e. The number of aliphatic hydroxyl groups excluding tert-OH is 1. The number of nitrogens with zero attached hydrogens (tertiary/aromatic N) is 3. The van der Waals surface area contributed by atoms with E-state index in [1.165, 1.54) is 4.57 Å². The van der Waals surface area contributed by atoms with E-state index in [4.69, 9.17) is 4.74 Å². The molecule has 0 unspecified atom stereocenters. The van der Waals surface area contributed by atoms with Gasteiger partial charge in [-0.3, -0.25) is 14.3 Å². The van der Waals surface area contributed by atoms with Crippen LogP contribution in [-0.2, 0) is 13.6 Å². The normalized spacial score (nSPS) is 13.4. The van der Waals surface area contributed by atoms with Crippen LogP contribution in [0.4, 0.5) is 5.95 Å². The highest BCUT2D eigenvalue weighted by molar-refractivity contribution is 5.74. The number of aliphatic hydroxyl groups is 1. The molecule has 0 aliphatic heterocycles. The number of nitrogens with one attached hydrogen (secondary N) is 2. The first-order valence-electron chi connectivity index (χ1n) is 9.63. The third-order valence-electron chi connectivity index (χ3n) is 4.85. The molecular formula is C20H27N5O4. The number of aromatic nitrogens is 4. The molecule has 156 valence electrons. The predicted molar refractivity (Wildman–Crippen MR) is 112 cm³/mol. The molecule has 2 aromatic heterocycles. The third kappa shape index (κ3) is 4.51. The summed E-state index contributed by atoms with van der Waals surface area (Å²) >= 11 is 0. The van der Waals surface area contributed by atoms with Crippen molar-refractivity contribution in [3.8, 4) is 5.75 Å². The minimum absolute atomic E-state index is 0.0508. The lowest BCUT2D eigenvalue weighted by Crippen LogP contribution is -2.31. The Labute approximate surface area is 168 Å². The van der Waals surface area contributed by atoms with Crippen molar-refractivity contribution in [3.63, 3.8) is 0 Å². The lowest BCUT2D eigenvalue weighted by molar-refractivity contribution is 0.0938. The molecule has 1 aromatic carbocycles. The summed E-state index contributed by atoms with van der Waals surface area (Å²) < 4.78 is 8.54. The second kappa shape index (κ2) is 8.52. The average Bonchev–Trinajstić information content (AvgIpc) is 3.04. The van der Waals surface area contributed by atoms with Gasteiger partial charge >= 0.3 is 5.69 Å². The lowest BCUT2D eigenvalue weighted by atomic mass is 10.2. The Balaban J connectivity index is 1.90. The number of hydrogen-bond donors (Lipinski definition) is 3. The van der Waals surface area contributed by atoms with Gasteiger partial charge in [-0.05, 0) is 32.4 Å². The van der Waals surface area contributed by atoms with Crippen LogP contribution in [0.3, 0.4) is 0 Å². The molecule has 0 amide bonds. The van der Waals surface area contributed by atoms with E-state index in [1.54, 1.807) is 11.6 Å². The smallest absolute Gasteiger partial charge is 0.329 e. The van der Waals surface area contributed by atoms with Gasteiger partial charge in [0.2, 0.25) is 5.95 Å². The third-order valence-corrected chi connectivity index (χ3v) is 4.85. The van der Waals surface area contributed by atoms with E-state index in [-0.39, 0.29) is 30.4 Å². The second-order valence-corrected chi connectivity index (χ2v) is 7.27. The van der Waals surface area contributed by atoms with Gasteiger partial charge in [0, 0.05) is 13.1 Å². The summed E-state index contributed by atoms with van der Waals surface area (Å²) in [7, 11) is 1.54. The van der Waals surface area contributed by atoms with Gasteiger partial charge in [0.15, 0.2) is 11.2 Å². The molecule has 0 fully saturated rings. The molecular weight excluding hydrogens is 374 g/mol. The van der Waals surface area contributed by atoms with E-state index in [0.29, 0.717) is 11.7 Å². The number of imidazole rings is 1. The van der Waals surface area contributed by atoms with Crippen LogP contribution in [-0.4, -0.2) is 43.0 Å². The van der Waals surface area contributed by atoms with Crippen molar-refractivity contribution in [3.05, 3.63) is 50.7 Å². The van der Waals surface area contributed by atoms with E-state index in [1.807, 2.05) is 45.0 Å². The molecule has 2 heterocycles. The number of fused-ring (bicyclic) bond motifs is 1. The van der Waals surface area contributed by atoms with Crippen molar-refractivity contribution >= 4 is 17.1 Å². The fourth-order valence-electron chi connectivity index (χ4n) is 2.94. The van der Waals surface area contributed by atoms with Crippen molar-refractivity contribution in [2.75, 3.05) is 11.9 Å². The van der Waals surface area contributed by atoms with E-state index < -0.39 is 17.4 Å². The highest BCUT2D eigenvalue weighted by Crippen LogP contribution is 2.18. The summed E-state index contributed by atoms with van der Waals surface area (Å²) in [4.78, 5) is 31.1. The number of aryl methyl sites for hydroxylation is 2. The molecule has 0 radical (unpaired) electrons. The van der Waals surface area contributed by atoms with E-state index in [9.17, 15) is 14.7 Å². The van der Waals surface area contributed by atoms with E-state index in [2.05, 4.69) is 15.3 Å². The summed E-state index contributed by atoms with van der Waals surface area (Å²) in [6.07, 6.45) is -0.0415. The summed E-state index contributed by atoms with van der Waals surface area (Å²) in [6, 6.07) is 7.64. The molecule has 9 nitrogen and oxygen atoms in total. The van der Waals surface area contributed by atoms with Gasteiger partial charge < -0.3 is 19.7 Å². The van der Waals surface area contributed by atoms with Gasteiger partial charge in [-0.1, -0.05) is 24.6 Å². The molecule has 0 aliphatic rings. The lowest BCUT2D eigenvalue weighted by Gasteiger charge is -2.17. The highest BCUT2D eigenvalue weighted by Gasteiger charge is 2.20. The minimum Gasteiger partial charge on any atom is -0.491 e. The highest BCUT2D eigenvalue weighted by atomic mass is 16.5. The van der Waals surface area contributed by atoms with Gasteiger partial charge in [0.05, 0.1) is 6.54 Å². The molecule has 0 saturated heterocycles. The average molecular weight is 401 g/mol.